The first-order valence-electron chi connectivity index (χ1n) is 9.78. The normalized spacial score (nSPS) is 12.6. The molecule has 0 spiro atoms. The van der Waals surface area contributed by atoms with Gasteiger partial charge in [-0.2, -0.15) is 13.8 Å². The van der Waals surface area contributed by atoms with Gasteiger partial charge in [-0.1, -0.05) is 23.7 Å². The summed E-state index contributed by atoms with van der Waals surface area (Å²) in [7, 11) is 0. The van der Waals surface area contributed by atoms with E-state index in [1.807, 2.05) is 0 Å². The number of nitrogen functional groups attached to an aromatic ring is 1. The maximum absolute atomic E-state index is 15.3. The van der Waals surface area contributed by atoms with E-state index in [2.05, 4.69) is 15.4 Å². The lowest BCUT2D eigenvalue weighted by Gasteiger charge is -2.23. The number of carbonyl (C=O) groups is 1. The molecule has 0 radical (unpaired) electrons. The smallest absolute Gasteiger partial charge is 0.300 e. The van der Waals surface area contributed by atoms with Crippen LogP contribution in [0.1, 0.15) is 15.9 Å². The second-order valence-electron chi connectivity index (χ2n) is 7.33. The second-order valence-corrected chi connectivity index (χ2v) is 7.73. The van der Waals surface area contributed by atoms with Gasteiger partial charge in [-0.15, -0.1) is 5.10 Å². The van der Waals surface area contributed by atoms with Gasteiger partial charge in [0, 0.05) is 17.3 Å². The highest BCUT2D eigenvalue weighted by Crippen LogP contribution is 2.33. The maximum Gasteiger partial charge on any atom is 0.300 e. The van der Waals surface area contributed by atoms with E-state index in [1.165, 1.54) is 35.0 Å². The average molecular weight is 494 g/mol. The van der Waals surface area contributed by atoms with Gasteiger partial charge in [0.1, 0.15) is 17.7 Å². The maximum atomic E-state index is 15.3. The quantitative estimate of drug-likeness (QED) is 0.354. The number of aromatic nitrogens is 3. The van der Waals surface area contributed by atoms with E-state index >= 15 is 4.39 Å². The van der Waals surface area contributed by atoms with E-state index in [-0.39, 0.29) is 16.5 Å². The van der Waals surface area contributed by atoms with Crippen LogP contribution in [0.25, 0.3) is 16.8 Å². The van der Waals surface area contributed by atoms with Crippen LogP contribution in [0.2, 0.25) is 5.02 Å². The SMILES string of the molecule is Nc1nc2cc(-c3ccc(Cl)c(C(=O)NC[C@H](O)C(F)(F)c4ccc(F)cc4)c3F)ccn2n1. The Kier molecular flexibility index (Phi) is 6.15. The Hall–Kier alpha value is -3.70. The van der Waals surface area contributed by atoms with E-state index in [0.29, 0.717) is 11.2 Å². The molecule has 7 nitrogen and oxygen atoms in total. The molecule has 0 aliphatic carbocycles. The van der Waals surface area contributed by atoms with E-state index in [4.69, 9.17) is 17.3 Å². The number of benzene rings is 2. The van der Waals surface area contributed by atoms with Gasteiger partial charge in [-0.05, 0) is 42.0 Å². The number of hydrogen-bond acceptors (Lipinski definition) is 5. The number of aliphatic hydroxyl groups is 1. The highest BCUT2D eigenvalue weighted by atomic mass is 35.5. The summed E-state index contributed by atoms with van der Waals surface area (Å²) in [5.41, 5.74) is 4.98. The molecular formula is C22H16ClF4N5O2. The number of hydrogen-bond donors (Lipinski definition) is 3. The van der Waals surface area contributed by atoms with Gasteiger partial charge in [-0.25, -0.2) is 13.3 Å². The number of halogens is 5. The lowest BCUT2D eigenvalue weighted by molar-refractivity contribution is -0.112. The number of anilines is 1. The molecule has 2 aromatic heterocycles. The number of amides is 1. The molecule has 12 heteroatoms. The third-order valence-corrected chi connectivity index (χ3v) is 5.40. The van der Waals surface area contributed by atoms with Crippen molar-refractivity contribution in [1.29, 1.82) is 0 Å². The van der Waals surface area contributed by atoms with Crippen LogP contribution in [0.15, 0.2) is 54.7 Å². The molecule has 0 aliphatic rings. The molecule has 1 amide bonds. The Labute approximate surface area is 194 Å². The number of aliphatic hydroxyl groups excluding tert-OH is 1. The summed E-state index contributed by atoms with van der Waals surface area (Å²) in [6, 6.07) is 8.91. The van der Waals surface area contributed by atoms with Crippen LogP contribution in [0.4, 0.5) is 23.5 Å². The minimum Gasteiger partial charge on any atom is -0.385 e. The number of carbonyl (C=O) groups excluding carboxylic acids is 1. The van der Waals surface area contributed by atoms with Crippen molar-refractivity contribution in [3.05, 3.63) is 82.5 Å². The summed E-state index contributed by atoms with van der Waals surface area (Å²) in [6.45, 7) is -0.922. The van der Waals surface area contributed by atoms with Crippen molar-refractivity contribution in [2.24, 2.45) is 0 Å². The fourth-order valence-electron chi connectivity index (χ4n) is 3.32. The summed E-state index contributed by atoms with van der Waals surface area (Å²) in [5.74, 6) is -6.61. The van der Waals surface area contributed by atoms with E-state index in [9.17, 15) is 23.1 Å². The van der Waals surface area contributed by atoms with Gasteiger partial charge in [0.25, 0.3) is 11.8 Å². The summed E-state index contributed by atoms with van der Waals surface area (Å²) < 4.78 is 58.6. The molecular weight excluding hydrogens is 478 g/mol. The van der Waals surface area contributed by atoms with Crippen LogP contribution < -0.4 is 11.1 Å². The number of nitrogens with one attached hydrogen (secondary N) is 1. The Morgan fingerprint density at radius 2 is 1.88 bits per heavy atom. The first-order chi connectivity index (χ1) is 16.1. The molecule has 0 bridgehead atoms. The molecule has 0 fully saturated rings. The minimum atomic E-state index is -3.80. The zero-order valence-corrected chi connectivity index (χ0v) is 17.9. The van der Waals surface area contributed by atoms with Gasteiger partial charge < -0.3 is 16.2 Å². The van der Waals surface area contributed by atoms with Crippen LogP contribution in [0, 0.1) is 11.6 Å². The molecule has 0 aliphatic heterocycles. The lowest BCUT2D eigenvalue weighted by atomic mass is 10.0. The average Bonchev–Trinajstić information content (AvgIpc) is 3.17. The van der Waals surface area contributed by atoms with Gasteiger partial charge in [0.15, 0.2) is 5.65 Å². The standard InChI is InChI=1S/C22H16ClF4N5O2/c23-15-6-5-14(11-7-8-32-17(9-11)30-21(28)31-32)19(25)18(15)20(34)29-10-16(33)22(26,27)12-1-3-13(24)4-2-12/h1-9,16,33H,10H2,(H2,28,31)(H,29,34)/t16-/m0/s1. The monoisotopic (exact) mass is 493 g/mol. The molecule has 176 valence electrons. The van der Waals surface area contributed by atoms with E-state index < -0.39 is 47.2 Å². The van der Waals surface area contributed by atoms with Gasteiger partial charge in [0.05, 0.1) is 17.1 Å². The number of nitrogens with zero attached hydrogens (tertiary/aromatic N) is 3. The number of rotatable bonds is 6. The van der Waals surface area contributed by atoms with Crippen LogP contribution in [0.3, 0.4) is 0 Å². The molecule has 2 heterocycles. The molecule has 0 saturated carbocycles. The molecule has 2 aromatic carbocycles. The summed E-state index contributed by atoms with van der Waals surface area (Å²) in [5, 5.41) is 15.7. The topological polar surface area (TPSA) is 106 Å². The van der Waals surface area contributed by atoms with Crippen molar-refractivity contribution >= 4 is 29.1 Å². The molecule has 34 heavy (non-hydrogen) atoms. The summed E-state index contributed by atoms with van der Waals surface area (Å²) in [6.07, 6.45) is -0.872. The molecule has 4 rings (SSSR count). The van der Waals surface area contributed by atoms with Crippen molar-refractivity contribution in [1.82, 2.24) is 19.9 Å². The first-order valence-corrected chi connectivity index (χ1v) is 10.2. The zero-order chi connectivity index (χ0) is 24.6. The zero-order valence-electron chi connectivity index (χ0n) is 17.1. The number of alkyl halides is 2. The van der Waals surface area contributed by atoms with Gasteiger partial charge >= 0.3 is 0 Å². The van der Waals surface area contributed by atoms with Gasteiger partial charge in [-0.3, -0.25) is 4.79 Å². The number of fused-ring (bicyclic) bond motifs is 1. The van der Waals surface area contributed by atoms with E-state index in [0.717, 1.165) is 24.3 Å². The molecule has 4 aromatic rings. The third-order valence-electron chi connectivity index (χ3n) is 5.09. The first kappa shape index (κ1) is 23.5. The second kappa shape index (κ2) is 8.92. The summed E-state index contributed by atoms with van der Waals surface area (Å²) >= 11 is 6.01. The van der Waals surface area contributed by atoms with E-state index in [1.54, 1.807) is 0 Å². The van der Waals surface area contributed by atoms with Crippen molar-refractivity contribution in [3.8, 4) is 11.1 Å². The number of nitrogens with two attached hydrogens (primary N) is 1. The number of pyridine rings is 1. The van der Waals surface area contributed by atoms with Crippen LogP contribution >= 0.6 is 11.6 Å². The minimum absolute atomic E-state index is 0.00388. The molecule has 4 N–H and O–H groups in total. The fraction of sp³-hybridized carbons (Fsp3) is 0.136. The van der Waals surface area contributed by atoms with Crippen molar-refractivity contribution in [3.63, 3.8) is 0 Å². The van der Waals surface area contributed by atoms with Crippen LogP contribution in [0.5, 0.6) is 0 Å². The predicted octanol–water partition coefficient (Wildman–Crippen LogP) is 3.79. The fourth-order valence-corrected chi connectivity index (χ4v) is 3.55. The van der Waals surface area contributed by atoms with Gasteiger partial charge in [0.2, 0.25) is 5.95 Å². The summed E-state index contributed by atoms with van der Waals surface area (Å²) in [4.78, 5) is 16.6. The molecule has 0 saturated heterocycles. The Bertz CT molecular complexity index is 1380. The van der Waals surface area contributed by atoms with Crippen molar-refractivity contribution in [2.75, 3.05) is 12.3 Å². The van der Waals surface area contributed by atoms with Crippen molar-refractivity contribution in [2.45, 2.75) is 12.0 Å². The largest absolute Gasteiger partial charge is 0.385 e. The molecule has 1 atom stereocenters. The van der Waals surface area contributed by atoms with Crippen LogP contribution in [-0.4, -0.2) is 38.3 Å². The molecule has 0 unspecified atom stereocenters. The van der Waals surface area contributed by atoms with Crippen molar-refractivity contribution < 1.29 is 27.5 Å². The Balaban J connectivity index is 1.56. The highest BCUT2D eigenvalue weighted by Gasteiger charge is 2.40. The Morgan fingerprint density at radius 3 is 2.59 bits per heavy atom. The highest BCUT2D eigenvalue weighted by molar-refractivity contribution is 6.34. The predicted molar refractivity (Wildman–Crippen MR) is 116 cm³/mol. The third kappa shape index (κ3) is 4.39. The lowest BCUT2D eigenvalue weighted by Crippen LogP contribution is -2.41. The Morgan fingerprint density at radius 1 is 1.18 bits per heavy atom. The van der Waals surface area contributed by atoms with Crippen LogP contribution in [-0.2, 0) is 5.92 Å².